The van der Waals surface area contributed by atoms with Crippen LogP contribution in [-0.4, -0.2) is 23.5 Å². The minimum atomic E-state index is -2.22. The Morgan fingerprint density at radius 2 is 0.941 bits per heavy atom. The first-order valence-corrected chi connectivity index (χ1v) is 10.9. The summed E-state index contributed by atoms with van der Waals surface area (Å²) in [6, 6.07) is 20.8. The molecule has 0 fully saturated rings. The molecule has 0 heterocycles. The summed E-state index contributed by atoms with van der Waals surface area (Å²) in [5.41, 5.74) is -3.20. The van der Waals surface area contributed by atoms with Gasteiger partial charge in [0.2, 0.25) is 11.6 Å². The Labute approximate surface area is 194 Å². The maximum Gasteiger partial charge on any atom is 0.304 e. The minimum Gasteiger partial charge on any atom is -0.440 e. The fourth-order valence-electron chi connectivity index (χ4n) is 5.75. The lowest BCUT2D eigenvalue weighted by Crippen LogP contribution is -2.60. The lowest BCUT2D eigenvalue weighted by molar-refractivity contribution is -0.192. The fraction of sp³-hybridized carbons (Fsp3) is 0.143. The molecule has 6 rings (SSSR count). The lowest BCUT2D eigenvalue weighted by Gasteiger charge is -2.43. The highest BCUT2D eigenvalue weighted by Crippen LogP contribution is 2.59. The third kappa shape index (κ3) is 2.20. The molecule has 0 bridgehead atoms. The van der Waals surface area contributed by atoms with Crippen molar-refractivity contribution in [3.63, 3.8) is 0 Å². The van der Waals surface area contributed by atoms with Crippen molar-refractivity contribution < 1.29 is 28.7 Å². The monoisotopic (exact) mass is 450 g/mol. The van der Waals surface area contributed by atoms with Crippen molar-refractivity contribution in [1.29, 1.82) is 0 Å². The molecular weight excluding hydrogens is 432 g/mol. The van der Waals surface area contributed by atoms with Crippen molar-refractivity contribution in [2.24, 2.45) is 0 Å². The van der Waals surface area contributed by atoms with Gasteiger partial charge in [-0.1, -0.05) is 72.8 Å². The molecule has 2 unspecified atom stereocenters. The van der Waals surface area contributed by atoms with E-state index in [1.807, 2.05) is 24.3 Å². The van der Waals surface area contributed by atoms with Crippen LogP contribution in [0, 0.1) is 0 Å². The normalized spacial score (nSPS) is 22.4. The van der Waals surface area contributed by atoms with Gasteiger partial charge in [-0.25, -0.2) is 0 Å². The molecule has 0 radical (unpaired) electrons. The highest BCUT2D eigenvalue weighted by atomic mass is 16.6. The summed E-state index contributed by atoms with van der Waals surface area (Å²) in [4.78, 5) is 53.8. The van der Waals surface area contributed by atoms with Crippen molar-refractivity contribution in [1.82, 2.24) is 0 Å². The highest BCUT2D eigenvalue weighted by Gasteiger charge is 2.73. The molecule has 0 aromatic heterocycles. The third-order valence-corrected chi connectivity index (χ3v) is 6.79. The zero-order chi connectivity index (χ0) is 23.8. The van der Waals surface area contributed by atoms with Gasteiger partial charge < -0.3 is 9.47 Å². The number of ketones is 2. The molecule has 2 aliphatic rings. The number of rotatable bonds is 3. The molecule has 0 amide bonds. The molecule has 2 aliphatic carbocycles. The van der Waals surface area contributed by atoms with Gasteiger partial charge in [0.25, 0.3) is 11.2 Å². The SMILES string of the molecule is CC(=O)OC1(C2(OC(C)=O)C(=O)c3cccc4cccc2c34)C(=O)c2cccc3cccc1c23. The van der Waals surface area contributed by atoms with E-state index in [9.17, 15) is 19.2 Å². The Kier molecular flexibility index (Phi) is 3.94. The summed E-state index contributed by atoms with van der Waals surface area (Å²) in [5, 5.41) is 2.63. The number of hydrogen-bond donors (Lipinski definition) is 0. The Morgan fingerprint density at radius 3 is 1.29 bits per heavy atom. The molecule has 0 saturated carbocycles. The molecule has 6 nitrogen and oxygen atoms in total. The van der Waals surface area contributed by atoms with Crippen LogP contribution in [0.1, 0.15) is 45.7 Å². The molecular formula is C28H18O6. The summed E-state index contributed by atoms with van der Waals surface area (Å²) in [6.45, 7) is 2.35. The van der Waals surface area contributed by atoms with E-state index in [2.05, 4.69) is 0 Å². The van der Waals surface area contributed by atoms with Gasteiger partial charge in [-0.3, -0.25) is 19.2 Å². The average molecular weight is 450 g/mol. The van der Waals surface area contributed by atoms with Crippen LogP contribution in [0.3, 0.4) is 0 Å². The van der Waals surface area contributed by atoms with Crippen molar-refractivity contribution in [2.75, 3.05) is 0 Å². The molecule has 0 saturated heterocycles. The van der Waals surface area contributed by atoms with Gasteiger partial charge in [0.05, 0.1) is 0 Å². The van der Waals surface area contributed by atoms with Gasteiger partial charge in [-0.05, 0) is 10.8 Å². The van der Waals surface area contributed by atoms with Crippen LogP contribution in [0.5, 0.6) is 0 Å². The van der Waals surface area contributed by atoms with E-state index < -0.39 is 34.7 Å². The zero-order valence-corrected chi connectivity index (χ0v) is 18.4. The Morgan fingerprint density at radius 1 is 0.588 bits per heavy atom. The van der Waals surface area contributed by atoms with Gasteiger partial charge >= 0.3 is 11.9 Å². The van der Waals surface area contributed by atoms with Crippen molar-refractivity contribution in [2.45, 2.75) is 25.0 Å². The molecule has 0 spiro atoms. The van der Waals surface area contributed by atoms with Gasteiger partial charge in [0.15, 0.2) is 0 Å². The summed E-state index contributed by atoms with van der Waals surface area (Å²) < 4.78 is 11.8. The average Bonchev–Trinajstić information content (AvgIpc) is 3.20. The van der Waals surface area contributed by atoms with Crippen LogP contribution >= 0.6 is 0 Å². The number of hydrogen-bond acceptors (Lipinski definition) is 6. The first-order chi connectivity index (χ1) is 16.3. The molecule has 0 N–H and O–H groups in total. The summed E-state index contributed by atoms with van der Waals surface area (Å²) >= 11 is 0. The summed E-state index contributed by atoms with van der Waals surface area (Å²) in [7, 11) is 0. The van der Waals surface area contributed by atoms with E-state index in [-0.39, 0.29) is 0 Å². The summed E-state index contributed by atoms with van der Waals surface area (Å²) in [5.74, 6) is -2.76. The van der Waals surface area contributed by atoms with Crippen LogP contribution in [0.2, 0.25) is 0 Å². The quantitative estimate of drug-likeness (QED) is 0.424. The molecule has 6 heteroatoms. The maximum absolute atomic E-state index is 14.3. The minimum absolute atomic E-state index is 0.303. The van der Waals surface area contributed by atoms with Crippen LogP contribution in [0.25, 0.3) is 21.5 Å². The number of esters is 2. The number of benzene rings is 4. The molecule has 0 aliphatic heterocycles. The van der Waals surface area contributed by atoms with Crippen molar-refractivity contribution >= 4 is 45.0 Å². The number of Topliss-reactive ketones (excluding diaryl/α,β-unsaturated/α-hetero) is 2. The van der Waals surface area contributed by atoms with E-state index in [4.69, 9.17) is 9.47 Å². The van der Waals surface area contributed by atoms with E-state index in [0.717, 1.165) is 10.8 Å². The zero-order valence-electron chi connectivity index (χ0n) is 18.4. The van der Waals surface area contributed by atoms with Gasteiger partial charge in [-0.15, -0.1) is 0 Å². The maximum atomic E-state index is 14.3. The third-order valence-electron chi connectivity index (χ3n) is 6.79. The molecule has 2 atom stereocenters. The van der Waals surface area contributed by atoms with Crippen LogP contribution in [0.4, 0.5) is 0 Å². The van der Waals surface area contributed by atoms with E-state index in [1.54, 1.807) is 48.5 Å². The van der Waals surface area contributed by atoms with Gasteiger partial charge in [-0.2, -0.15) is 0 Å². The first-order valence-electron chi connectivity index (χ1n) is 10.9. The predicted molar refractivity (Wildman–Crippen MR) is 123 cm³/mol. The van der Waals surface area contributed by atoms with Crippen molar-refractivity contribution in [3.8, 4) is 0 Å². The second-order valence-corrected chi connectivity index (χ2v) is 8.63. The molecule has 34 heavy (non-hydrogen) atoms. The smallest absolute Gasteiger partial charge is 0.304 e. The second kappa shape index (κ2) is 6.60. The van der Waals surface area contributed by atoms with Crippen LogP contribution in [-0.2, 0) is 30.3 Å². The number of ether oxygens (including phenoxy) is 2. The van der Waals surface area contributed by atoms with E-state index in [1.165, 1.54) is 13.8 Å². The Bertz CT molecular complexity index is 1480. The molecule has 4 aromatic carbocycles. The topological polar surface area (TPSA) is 86.7 Å². The Balaban J connectivity index is 1.82. The molecule has 166 valence electrons. The van der Waals surface area contributed by atoms with Gasteiger partial charge in [0, 0.05) is 46.9 Å². The largest absolute Gasteiger partial charge is 0.440 e. The first kappa shape index (κ1) is 20.3. The van der Waals surface area contributed by atoms with Crippen molar-refractivity contribution in [3.05, 3.63) is 95.1 Å². The number of carbonyl (C=O) groups is 4. The van der Waals surface area contributed by atoms with Crippen LogP contribution < -0.4 is 0 Å². The second-order valence-electron chi connectivity index (χ2n) is 8.63. The van der Waals surface area contributed by atoms with E-state index in [0.29, 0.717) is 33.0 Å². The lowest BCUT2D eigenvalue weighted by atomic mass is 9.71. The standard InChI is InChI=1S/C28H18O6/c1-15(29)33-27(21-13-5-9-17-7-3-11-19(23(17)21)25(27)31)28(34-16(2)30)22-14-6-10-18-8-4-12-20(24(18)22)26(28)32/h3-14H,1-2H3. The fourth-order valence-corrected chi connectivity index (χ4v) is 5.75. The number of carbonyl (C=O) groups excluding carboxylic acids is 4. The van der Waals surface area contributed by atoms with Crippen LogP contribution in [0.15, 0.2) is 72.8 Å². The highest BCUT2D eigenvalue weighted by molar-refractivity contribution is 6.28. The Hall–Kier alpha value is -4.32. The summed E-state index contributed by atoms with van der Waals surface area (Å²) in [6.07, 6.45) is 0. The molecule has 4 aromatic rings. The van der Waals surface area contributed by atoms with Gasteiger partial charge in [0.1, 0.15) is 0 Å². The van der Waals surface area contributed by atoms with E-state index >= 15 is 0 Å². The predicted octanol–water partition coefficient (Wildman–Crippen LogP) is 4.60.